The van der Waals surface area contributed by atoms with Crippen molar-refractivity contribution in [2.24, 2.45) is 0 Å². The molecule has 4 heteroatoms. The van der Waals surface area contributed by atoms with Crippen LogP contribution in [0.15, 0.2) is 30.3 Å². The summed E-state index contributed by atoms with van der Waals surface area (Å²) < 4.78 is 11.1. The molecular formula is C9H9NO2S. The largest absolute Gasteiger partial charge is 0.299 e. The highest BCUT2D eigenvalue weighted by Gasteiger charge is 2.27. The number of amides is 1. The maximum atomic E-state index is 11.3. The second-order valence-corrected chi connectivity index (χ2v) is 4.30. The number of para-hydroxylation sites is 1. The minimum absolute atomic E-state index is 0.0514. The molecule has 1 aromatic carbocycles. The Balaban J connectivity index is 2.28. The number of hydrogen-bond donors (Lipinski definition) is 0. The third-order valence-electron chi connectivity index (χ3n) is 1.93. The van der Waals surface area contributed by atoms with E-state index in [1.54, 1.807) is 4.90 Å². The van der Waals surface area contributed by atoms with Crippen molar-refractivity contribution in [1.29, 1.82) is 0 Å². The fourth-order valence-electron chi connectivity index (χ4n) is 1.30. The molecule has 1 aromatic rings. The lowest BCUT2D eigenvalue weighted by atomic mass is 10.3. The van der Waals surface area contributed by atoms with E-state index in [0.29, 0.717) is 5.88 Å². The molecule has 1 fully saturated rings. The fourth-order valence-corrected chi connectivity index (χ4v) is 2.41. The number of hydrogen-bond acceptors (Lipinski definition) is 2. The van der Waals surface area contributed by atoms with Gasteiger partial charge in [0.2, 0.25) is 5.91 Å². The molecule has 1 heterocycles. The van der Waals surface area contributed by atoms with E-state index < -0.39 is 10.8 Å². The average Bonchev–Trinajstić information content (AvgIpc) is 2.47. The minimum Gasteiger partial charge on any atom is -0.299 e. The Morgan fingerprint density at radius 3 is 2.46 bits per heavy atom. The quantitative estimate of drug-likeness (QED) is 0.662. The van der Waals surface area contributed by atoms with Crippen molar-refractivity contribution in [3.8, 4) is 0 Å². The van der Waals surface area contributed by atoms with Gasteiger partial charge in [0.15, 0.2) is 0 Å². The molecule has 2 rings (SSSR count). The first-order chi connectivity index (χ1) is 6.27. The van der Waals surface area contributed by atoms with Crippen molar-refractivity contribution < 1.29 is 9.00 Å². The van der Waals surface area contributed by atoms with Crippen LogP contribution in [0.5, 0.6) is 0 Å². The summed E-state index contributed by atoms with van der Waals surface area (Å²) in [6.07, 6.45) is 0. The van der Waals surface area contributed by atoms with Crippen molar-refractivity contribution in [1.82, 2.24) is 0 Å². The molecule has 3 nitrogen and oxygen atoms in total. The van der Waals surface area contributed by atoms with Crippen molar-refractivity contribution in [2.45, 2.75) is 0 Å². The Labute approximate surface area is 78.8 Å². The van der Waals surface area contributed by atoms with Crippen LogP contribution in [-0.4, -0.2) is 21.7 Å². The van der Waals surface area contributed by atoms with Crippen LogP contribution in [0.25, 0.3) is 0 Å². The number of rotatable bonds is 1. The lowest BCUT2D eigenvalue weighted by Crippen LogP contribution is -2.24. The molecule has 1 aliphatic heterocycles. The van der Waals surface area contributed by atoms with Crippen LogP contribution in [0.3, 0.4) is 0 Å². The lowest BCUT2D eigenvalue weighted by molar-refractivity contribution is -0.115. The summed E-state index contributed by atoms with van der Waals surface area (Å²) in [5.74, 6) is 0.446. The molecule has 0 saturated carbocycles. The van der Waals surface area contributed by atoms with E-state index in [4.69, 9.17) is 0 Å². The maximum absolute atomic E-state index is 11.3. The van der Waals surface area contributed by atoms with Crippen LogP contribution in [0.1, 0.15) is 0 Å². The molecule has 0 aliphatic carbocycles. The second kappa shape index (κ2) is 3.30. The Bertz CT molecular complexity index is 350. The number of benzene rings is 1. The highest BCUT2D eigenvalue weighted by atomic mass is 32.2. The topological polar surface area (TPSA) is 37.4 Å². The average molecular weight is 195 g/mol. The predicted molar refractivity (Wildman–Crippen MR) is 51.8 cm³/mol. The van der Waals surface area contributed by atoms with Gasteiger partial charge in [-0.2, -0.15) is 0 Å². The van der Waals surface area contributed by atoms with Gasteiger partial charge in [-0.1, -0.05) is 18.2 Å². The number of carbonyl (C=O) groups excluding carboxylic acids is 1. The zero-order chi connectivity index (χ0) is 9.26. The molecule has 1 aliphatic rings. The fraction of sp³-hybridized carbons (Fsp3) is 0.222. The molecule has 13 heavy (non-hydrogen) atoms. The van der Waals surface area contributed by atoms with E-state index in [9.17, 15) is 9.00 Å². The van der Waals surface area contributed by atoms with Crippen molar-refractivity contribution in [3.05, 3.63) is 30.3 Å². The zero-order valence-corrected chi connectivity index (χ0v) is 7.79. The first-order valence-corrected chi connectivity index (χ1v) is 5.46. The summed E-state index contributed by atoms with van der Waals surface area (Å²) in [4.78, 5) is 12.9. The molecule has 1 saturated heterocycles. The van der Waals surface area contributed by atoms with Crippen LogP contribution in [-0.2, 0) is 15.6 Å². The molecule has 68 valence electrons. The lowest BCUT2D eigenvalue weighted by Gasteiger charge is -2.13. The zero-order valence-electron chi connectivity index (χ0n) is 6.97. The van der Waals surface area contributed by atoms with Crippen LogP contribution in [0.4, 0.5) is 5.69 Å². The summed E-state index contributed by atoms with van der Waals surface area (Å²) in [6, 6.07) is 9.32. The normalized spacial score (nSPS) is 22.3. The third kappa shape index (κ3) is 1.62. The summed E-state index contributed by atoms with van der Waals surface area (Å²) in [5, 5.41) is 0. The monoisotopic (exact) mass is 195 g/mol. The van der Waals surface area contributed by atoms with Gasteiger partial charge >= 0.3 is 0 Å². The van der Waals surface area contributed by atoms with Gasteiger partial charge in [0.1, 0.15) is 11.6 Å². The Hall–Kier alpha value is -1.16. The van der Waals surface area contributed by atoms with Crippen LogP contribution in [0.2, 0.25) is 0 Å². The van der Waals surface area contributed by atoms with E-state index in [1.165, 1.54) is 0 Å². The highest BCUT2D eigenvalue weighted by molar-refractivity contribution is 7.86. The molecule has 1 amide bonds. The van der Waals surface area contributed by atoms with Gasteiger partial charge in [-0.15, -0.1) is 0 Å². The van der Waals surface area contributed by atoms with Gasteiger partial charge in [0.25, 0.3) is 0 Å². The summed E-state index contributed by atoms with van der Waals surface area (Å²) >= 11 is 0. The van der Waals surface area contributed by atoms with Crippen molar-refractivity contribution in [3.63, 3.8) is 0 Å². The van der Waals surface area contributed by atoms with E-state index >= 15 is 0 Å². The van der Waals surface area contributed by atoms with Gasteiger partial charge in [-0.25, -0.2) is 0 Å². The molecule has 1 atom stereocenters. The molecule has 0 N–H and O–H groups in total. The smallest absolute Gasteiger partial charge is 0.240 e. The molecule has 0 bridgehead atoms. The molecule has 0 spiro atoms. The Kier molecular flexibility index (Phi) is 2.14. The van der Waals surface area contributed by atoms with Crippen LogP contribution < -0.4 is 4.90 Å². The van der Waals surface area contributed by atoms with Crippen molar-refractivity contribution in [2.75, 3.05) is 16.5 Å². The van der Waals surface area contributed by atoms with Crippen LogP contribution >= 0.6 is 0 Å². The van der Waals surface area contributed by atoms with Gasteiger partial charge in [0, 0.05) is 5.69 Å². The minimum atomic E-state index is -1.01. The first-order valence-electron chi connectivity index (χ1n) is 3.98. The highest BCUT2D eigenvalue weighted by Crippen LogP contribution is 2.17. The molecular weight excluding hydrogens is 186 g/mol. The number of anilines is 1. The number of carbonyl (C=O) groups is 1. The molecule has 0 radical (unpaired) electrons. The SMILES string of the molecule is O=C1CS(=O)CN1c1ccccc1. The summed E-state index contributed by atoms with van der Waals surface area (Å²) in [5.41, 5.74) is 0.832. The van der Waals surface area contributed by atoms with E-state index in [0.717, 1.165) is 5.69 Å². The first kappa shape index (κ1) is 8.44. The van der Waals surface area contributed by atoms with Gasteiger partial charge in [-0.3, -0.25) is 13.9 Å². The molecule has 1 unspecified atom stereocenters. The summed E-state index contributed by atoms with van der Waals surface area (Å²) in [6.45, 7) is 0. The maximum Gasteiger partial charge on any atom is 0.240 e. The van der Waals surface area contributed by atoms with Gasteiger partial charge in [-0.05, 0) is 12.1 Å². The Morgan fingerprint density at radius 1 is 1.23 bits per heavy atom. The van der Waals surface area contributed by atoms with Crippen LogP contribution in [0, 0.1) is 0 Å². The third-order valence-corrected chi connectivity index (χ3v) is 3.04. The molecule has 0 aromatic heterocycles. The van der Waals surface area contributed by atoms with E-state index in [-0.39, 0.29) is 11.7 Å². The van der Waals surface area contributed by atoms with Crippen molar-refractivity contribution >= 4 is 22.4 Å². The van der Waals surface area contributed by atoms with E-state index in [2.05, 4.69) is 0 Å². The van der Waals surface area contributed by atoms with E-state index in [1.807, 2.05) is 30.3 Å². The predicted octanol–water partition coefficient (Wildman–Crippen LogP) is 0.739. The summed E-state index contributed by atoms with van der Waals surface area (Å²) in [7, 11) is -1.01. The second-order valence-electron chi connectivity index (χ2n) is 2.87. The number of nitrogens with zero attached hydrogens (tertiary/aromatic N) is 1. The van der Waals surface area contributed by atoms with Gasteiger partial charge in [0.05, 0.1) is 10.8 Å². The van der Waals surface area contributed by atoms with Gasteiger partial charge < -0.3 is 0 Å². The Morgan fingerprint density at radius 2 is 1.92 bits per heavy atom. The standard InChI is InChI=1S/C9H9NO2S/c11-9-6-13(12)7-10(9)8-4-2-1-3-5-8/h1-5H,6-7H2.